The molecule has 2 heterocycles. The van der Waals surface area contributed by atoms with Crippen LogP contribution in [-0.2, 0) is 13.0 Å². The van der Waals surface area contributed by atoms with Crippen LogP contribution < -0.4 is 11.1 Å². The van der Waals surface area contributed by atoms with Gasteiger partial charge in [-0.3, -0.25) is 0 Å². The predicted molar refractivity (Wildman–Crippen MR) is 87.9 cm³/mol. The Balaban J connectivity index is 1.89. The molecule has 2 aromatic heterocycles. The SMILES string of the molecule is CC(N)Cc1cc2nc(Cl)nc(NCc3ccccc3)c2o1. The lowest BCUT2D eigenvalue weighted by atomic mass is 10.2. The van der Waals surface area contributed by atoms with Gasteiger partial charge < -0.3 is 15.5 Å². The van der Waals surface area contributed by atoms with Gasteiger partial charge in [-0.1, -0.05) is 30.3 Å². The minimum absolute atomic E-state index is 0.0183. The van der Waals surface area contributed by atoms with E-state index in [4.69, 9.17) is 21.8 Å². The maximum atomic E-state index is 5.99. The highest BCUT2D eigenvalue weighted by atomic mass is 35.5. The van der Waals surface area contributed by atoms with Crippen molar-refractivity contribution in [3.05, 3.63) is 53.0 Å². The average molecular weight is 317 g/mol. The molecule has 3 N–H and O–H groups in total. The third kappa shape index (κ3) is 3.37. The number of nitrogens with two attached hydrogens (primary N) is 1. The fourth-order valence-electron chi connectivity index (χ4n) is 2.27. The molecule has 0 spiro atoms. The first kappa shape index (κ1) is 14.8. The standard InChI is InChI=1S/C16H17ClN4O/c1-10(18)7-12-8-13-14(22-12)15(21-16(17)20-13)19-9-11-5-3-2-4-6-11/h2-6,8,10H,7,9,18H2,1H3,(H,19,20,21). The molecular weight excluding hydrogens is 300 g/mol. The molecule has 6 heteroatoms. The Kier molecular flexibility index (Phi) is 4.27. The Bertz CT molecular complexity index is 770. The van der Waals surface area contributed by atoms with Gasteiger partial charge in [0.25, 0.3) is 0 Å². The zero-order valence-electron chi connectivity index (χ0n) is 12.2. The molecule has 0 saturated heterocycles. The number of benzene rings is 1. The topological polar surface area (TPSA) is 77.0 Å². The molecule has 0 aliphatic carbocycles. The molecule has 0 bridgehead atoms. The number of fused-ring (bicyclic) bond motifs is 1. The maximum Gasteiger partial charge on any atom is 0.225 e. The van der Waals surface area contributed by atoms with Gasteiger partial charge in [0.2, 0.25) is 5.28 Å². The van der Waals surface area contributed by atoms with Gasteiger partial charge in [-0.15, -0.1) is 0 Å². The molecule has 1 unspecified atom stereocenters. The Morgan fingerprint density at radius 2 is 2.05 bits per heavy atom. The Labute approximate surface area is 133 Å². The van der Waals surface area contributed by atoms with Crippen molar-refractivity contribution in [1.82, 2.24) is 9.97 Å². The quantitative estimate of drug-likeness (QED) is 0.706. The summed E-state index contributed by atoms with van der Waals surface area (Å²) in [5, 5.41) is 3.44. The van der Waals surface area contributed by atoms with Gasteiger partial charge in [0.15, 0.2) is 11.4 Å². The van der Waals surface area contributed by atoms with Crippen molar-refractivity contribution in [3.8, 4) is 0 Å². The Morgan fingerprint density at radius 3 is 2.77 bits per heavy atom. The maximum absolute atomic E-state index is 5.99. The van der Waals surface area contributed by atoms with Crippen LogP contribution in [0.3, 0.4) is 0 Å². The number of furan rings is 1. The fraction of sp³-hybridized carbons (Fsp3) is 0.250. The second kappa shape index (κ2) is 6.34. The molecule has 0 fully saturated rings. The molecule has 0 aliphatic heterocycles. The van der Waals surface area contributed by atoms with Crippen molar-refractivity contribution in [2.45, 2.75) is 25.9 Å². The van der Waals surface area contributed by atoms with E-state index in [1.54, 1.807) is 0 Å². The monoisotopic (exact) mass is 316 g/mol. The molecule has 114 valence electrons. The van der Waals surface area contributed by atoms with Crippen molar-refractivity contribution in [2.75, 3.05) is 5.32 Å². The number of anilines is 1. The molecule has 3 aromatic rings. The highest BCUT2D eigenvalue weighted by Gasteiger charge is 2.13. The summed E-state index contributed by atoms with van der Waals surface area (Å²) in [7, 11) is 0. The smallest absolute Gasteiger partial charge is 0.225 e. The van der Waals surface area contributed by atoms with E-state index in [1.165, 1.54) is 0 Å². The lowest BCUT2D eigenvalue weighted by Crippen LogP contribution is -2.17. The van der Waals surface area contributed by atoms with Gasteiger partial charge in [-0.2, -0.15) is 4.98 Å². The van der Waals surface area contributed by atoms with Crippen LogP contribution in [0.15, 0.2) is 40.8 Å². The van der Waals surface area contributed by atoms with Crippen molar-refractivity contribution >= 4 is 28.5 Å². The van der Waals surface area contributed by atoms with Crippen LogP contribution in [0.5, 0.6) is 0 Å². The minimum Gasteiger partial charge on any atom is -0.455 e. The summed E-state index contributed by atoms with van der Waals surface area (Å²) in [4.78, 5) is 8.43. The summed E-state index contributed by atoms with van der Waals surface area (Å²) in [6.45, 7) is 2.56. The summed E-state index contributed by atoms with van der Waals surface area (Å²) in [6, 6.07) is 11.9. The summed E-state index contributed by atoms with van der Waals surface area (Å²) in [6.07, 6.45) is 0.645. The van der Waals surface area contributed by atoms with Crippen LogP contribution in [-0.4, -0.2) is 16.0 Å². The van der Waals surface area contributed by atoms with Crippen LogP contribution in [0.1, 0.15) is 18.2 Å². The number of hydrogen-bond acceptors (Lipinski definition) is 5. The van der Waals surface area contributed by atoms with Crippen LogP contribution in [0.4, 0.5) is 5.82 Å². The molecule has 3 rings (SSSR count). The van der Waals surface area contributed by atoms with Gasteiger partial charge in [0, 0.05) is 25.1 Å². The third-order valence-electron chi connectivity index (χ3n) is 3.22. The number of nitrogens with zero attached hydrogens (tertiary/aromatic N) is 2. The zero-order chi connectivity index (χ0) is 15.5. The molecule has 0 saturated carbocycles. The van der Waals surface area contributed by atoms with Crippen molar-refractivity contribution < 1.29 is 4.42 Å². The second-order valence-corrected chi connectivity index (χ2v) is 5.63. The fourth-order valence-corrected chi connectivity index (χ4v) is 2.45. The molecule has 0 amide bonds. The van der Waals surface area contributed by atoms with E-state index >= 15 is 0 Å². The van der Waals surface area contributed by atoms with Gasteiger partial charge in [-0.05, 0) is 24.1 Å². The van der Waals surface area contributed by atoms with E-state index in [9.17, 15) is 0 Å². The van der Waals surface area contributed by atoms with Gasteiger partial charge in [0.1, 0.15) is 11.3 Å². The van der Waals surface area contributed by atoms with Crippen molar-refractivity contribution in [2.24, 2.45) is 5.73 Å². The Hall–Kier alpha value is -2.11. The molecule has 1 aromatic carbocycles. The highest BCUT2D eigenvalue weighted by Crippen LogP contribution is 2.26. The number of hydrogen-bond donors (Lipinski definition) is 2. The first-order valence-electron chi connectivity index (χ1n) is 7.11. The molecule has 22 heavy (non-hydrogen) atoms. The van der Waals surface area contributed by atoms with E-state index < -0.39 is 0 Å². The number of nitrogens with one attached hydrogen (secondary N) is 1. The largest absolute Gasteiger partial charge is 0.455 e. The summed E-state index contributed by atoms with van der Waals surface area (Å²) < 4.78 is 5.83. The molecule has 1 atom stereocenters. The summed E-state index contributed by atoms with van der Waals surface area (Å²) >= 11 is 5.99. The van der Waals surface area contributed by atoms with Crippen molar-refractivity contribution in [3.63, 3.8) is 0 Å². The van der Waals surface area contributed by atoms with Gasteiger partial charge in [-0.25, -0.2) is 4.98 Å². The molecular formula is C16H17ClN4O. The Morgan fingerprint density at radius 1 is 1.27 bits per heavy atom. The minimum atomic E-state index is 0.0183. The van der Waals surface area contributed by atoms with Gasteiger partial charge in [0.05, 0.1) is 0 Å². The van der Waals surface area contributed by atoms with E-state index in [1.807, 2.05) is 43.3 Å². The first-order chi connectivity index (χ1) is 10.6. The summed E-state index contributed by atoms with van der Waals surface area (Å²) in [5.41, 5.74) is 8.25. The van der Waals surface area contributed by atoms with E-state index in [2.05, 4.69) is 15.3 Å². The predicted octanol–water partition coefficient (Wildman–Crippen LogP) is 3.38. The lowest BCUT2D eigenvalue weighted by molar-refractivity contribution is 0.525. The molecule has 0 aliphatic rings. The number of rotatable bonds is 5. The van der Waals surface area contributed by atoms with Crippen LogP contribution in [0.2, 0.25) is 5.28 Å². The van der Waals surface area contributed by atoms with Crippen LogP contribution >= 0.6 is 11.6 Å². The lowest BCUT2D eigenvalue weighted by Gasteiger charge is -2.06. The number of halogens is 1. The second-order valence-electron chi connectivity index (χ2n) is 5.29. The van der Waals surface area contributed by atoms with Gasteiger partial charge >= 0.3 is 0 Å². The molecule has 5 nitrogen and oxygen atoms in total. The summed E-state index contributed by atoms with van der Waals surface area (Å²) in [5.74, 6) is 1.37. The highest BCUT2D eigenvalue weighted by molar-refractivity contribution is 6.28. The van der Waals surface area contributed by atoms with E-state index in [0.29, 0.717) is 29.9 Å². The average Bonchev–Trinajstić information content (AvgIpc) is 2.87. The zero-order valence-corrected chi connectivity index (χ0v) is 13.0. The van der Waals surface area contributed by atoms with Crippen LogP contribution in [0.25, 0.3) is 11.1 Å². The molecule has 0 radical (unpaired) electrons. The van der Waals surface area contributed by atoms with Crippen molar-refractivity contribution in [1.29, 1.82) is 0 Å². The first-order valence-corrected chi connectivity index (χ1v) is 7.49. The third-order valence-corrected chi connectivity index (χ3v) is 3.39. The number of aromatic nitrogens is 2. The van der Waals surface area contributed by atoms with E-state index in [0.717, 1.165) is 11.3 Å². The van der Waals surface area contributed by atoms with Crippen LogP contribution in [0, 0.1) is 0 Å². The normalized spacial score (nSPS) is 12.5. The van der Waals surface area contributed by atoms with E-state index in [-0.39, 0.29) is 11.3 Å².